The monoisotopic (exact) mass is 316 g/mol. The zero-order chi connectivity index (χ0) is 16.1. The van der Waals surface area contributed by atoms with E-state index < -0.39 is 0 Å². The van der Waals surface area contributed by atoms with E-state index in [1.54, 1.807) is 16.7 Å². The van der Waals surface area contributed by atoms with Crippen LogP contribution < -0.4 is 0 Å². The summed E-state index contributed by atoms with van der Waals surface area (Å²) < 4.78 is 0. The molecule has 124 valence electrons. The quantitative estimate of drug-likeness (QED) is 0.514. The zero-order valence-corrected chi connectivity index (χ0v) is 14.8. The lowest BCUT2D eigenvalue weighted by molar-refractivity contribution is 0.126. The lowest BCUT2D eigenvalue weighted by atomic mass is 9.53. The summed E-state index contributed by atoms with van der Waals surface area (Å²) in [7, 11) is 0. The molecule has 0 aromatic heterocycles. The highest BCUT2D eigenvalue weighted by molar-refractivity contribution is 5.48. The number of fused-ring (bicyclic) bond motifs is 4. The average Bonchev–Trinajstić information content (AvgIpc) is 3.03. The number of rotatable bonds is 1. The molecule has 24 heavy (non-hydrogen) atoms. The van der Waals surface area contributed by atoms with Crippen molar-refractivity contribution in [2.24, 2.45) is 17.3 Å². The third kappa shape index (κ3) is 2.11. The van der Waals surface area contributed by atoms with Crippen molar-refractivity contribution < 1.29 is 0 Å². The van der Waals surface area contributed by atoms with Crippen LogP contribution in [0.25, 0.3) is 0 Å². The van der Waals surface area contributed by atoms with Gasteiger partial charge in [-0.05, 0) is 78.9 Å². The Kier molecular flexibility index (Phi) is 3.37. The van der Waals surface area contributed by atoms with Crippen molar-refractivity contribution >= 4 is 0 Å². The van der Waals surface area contributed by atoms with Crippen LogP contribution >= 0.6 is 0 Å². The molecule has 0 radical (unpaired) electrons. The molecule has 0 amide bonds. The predicted molar refractivity (Wildman–Crippen MR) is 101 cm³/mol. The summed E-state index contributed by atoms with van der Waals surface area (Å²) >= 11 is 0. The molecule has 0 aliphatic heterocycles. The number of hydrogen-bond acceptors (Lipinski definition) is 0. The van der Waals surface area contributed by atoms with Crippen LogP contribution in [0.4, 0.5) is 0 Å². The van der Waals surface area contributed by atoms with Crippen LogP contribution in [0.3, 0.4) is 0 Å². The molecule has 0 heterocycles. The van der Waals surface area contributed by atoms with E-state index in [9.17, 15) is 0 Å². The second-order valence-electron chi connectivity index (χ2n) is 8.68. The molecule has 1 aromatic rings. The van der Waals surface area contributed by atoms with Crippen molar-refractivity contribution in [3.05, 3.63) is 70.8 Å². The molecule has 0 unspecified atom stereocenters. The van der Waals surface area contributed by atoms with E-state index in [1.807, 2.05) is 5.57 Å². The van der Waals surface area contributed by atoms with Crippen LogP contribution in [0.5, 0.6) is 0 Å². The maximum Gasteiger partial charge on any atom is 0.00626 e. The Morgan fingerprint density at radius 3 is 2.83 bits per heavy atom. The first-order valence-electron chi connectivity index (χ1n) is 9.90. The Labute approximate surface area is 146 Å². The van der Waals surface area contributed by atoms with Crippen molar-refractivity contribution in [3.8, 4) is 0 Å². The van der Waals surface area contributed by atoms with Gasteiger partial charge in [0.15, 0.2) is 0 Å². The van der Waals surface area contributed by atoms with E-state index >= 15 is 0 Å². The molecule has 0 bridgehead atoms. The van der Waals surface area contributed by atoms with E-state index in [0.29, 0.717) is 11.3 Å². The van der Waals surface area contributed by atoms with Gasteiger partial charge in [-0.3, -0.25) is 0 Å². The molecule has 1 fully saturated rings. The summed E-state index contributed by atoms with van der Waals surface area (Å²) in [5.74, 6) is 2.22. The fourth-order valence-corrected chi connectivity index (χ4v) is 6.20. The summed E-state index contributed by atoms with van der Waals surface area (Å²) in [5, 5.41) is 0. The van der Waals surface area contributed by atoms with Gasteiger partial charge < -0.3 is 0 Å². The maximum atomic E-state index is 2.57. The molecule has 0 heteroatoms. The van der Waals surface area contributed by atoms with Crippen molar-refractivity contribution in [2.45, 2.75) is 57.8 Å². The number of hydrogen-bond donors (Lipinski definition) is 0. The van der Waals surface area contributed by atoms with Gasteiger partial charge in [-0.2, -0.15) is 0 Å². The van der Waals surface area contributed by atoms with Gasteiger partial charge in [-0.1, -0.05) is 61.1 Å². The Balaban J connectivity index is 1.69. The average molecular weight is 316 g/mol. The Morgan fingerprint density at radius 2 is 1.96 bits per heavy atom. The maximum absolute atomic E-state index is 2.57. The highest BCUT2D eigenvalue weighted by Gasteiger charge is 2.50. The summed E-state index contributed by atoms with van der Waals surface area (Å²) in [6.07, 6.45) is 16.9. The summed E-state index contributed by atoms with van der Waals surface area (Å²) in [6.45, 7) is 2.56. The normalized spacial score (nSPS) is 37.5. The van der Waals surface area contributed by atoms with Gasteiger partial charge in [0.25, 0.3) is 0 Å². The van der Waals surface area contributed by atoms with Gasteiger partial charge in [-0.15, -0.1) is 0 Å². The van der Waals surface area contributed by atoms with Gasteiger partial charge in [0.1, 0.15) is 0 Å². The molecule has 1 saturated carbocycles. The van der Waals surface area contributed by atoms with Crippen LogP contribution in [-0.4, -0.2) is 0 Å². The van der Waals surface area contributed by atoms with E-state index in [0.717, 1.165) is 11.8 Å². The molecule has 4 aliphatic rings. The minimum absolute atomic E-state index is 0.477. The van der Waals surface area contributed by atoms with E-state index in [4.69, 9.17) is 0 Å². The summed E-state index contributed by atoms with van der Waals surface area (Å²) in [6, 6.07) is 11.4. The molecular weight excluding hydrogens is 288 g/mol. The van der Waals surface area contributed by atoms with Crippen molar-refractivity contribution in [1.29, 1.82) is 0 Å². The Bertz CT molecular complexity index is 733. The lowest BCUT2D eigenvalue weighted by Crippen LogP contribution is -2.40. The second kappa shape index (κ2) is 5.48. The molecule has 0 spiro atoms. The van der Waals surface area contributed by atoms with E-state index in [2.05, 4.69) is 55.5 Å². The topological polar surface area (TPSA) is 0 Å². The summed E-state index contributed by atoms with van der Waals surface area (Å²) in [4.78, 5) is 0. The van der Waals surface area contributed by atoms with E-state index in [-0.39, 0.29) is 0 Å². The molecule has 4 aliphatic carbocycles. The Morgan fingerprint density at radius 1 is 1.08 bits per heavy atom. The molecule has 5 rings (SSSR count). The number of allylic oxidation sites excluding steroid dienone is 6. The van der Waals surface area contributed by atoms with Gasteiger partial charge in [0, 0.05) is 5.92 Å². The molecule has 0 N–H and O–H groups in total. The van der Waals surface area contributed by atoms with Crippen LogP contribution in [0.1, 0.15) is 63.4 Å². The van der Waals surface area contributed by atoms with Crippen LogP contribution in [-0.2, 0) is 0 Å². The predicted octanol–water partition coefficient (Wildman–Crippen LogP) is 6.57. The first-order chi connectivity index (χ1) is 11.8. The van der Waals surface area contributed by atoms with Gasteiger partial charge in [0.05, 0.1) is 0 Å². The molecular formula is C24H28. The van der Waals surface area contributed by atoms with E-state index in [1.165, 1.54) is 44.9 Å². The largest absolute Gasteiger partial charge is 0.0877 e. The first-order valence-corrected chi connectivity index (χ1v) is 9.90. The van der Waals surface area contributed by atoms with Crippen molar-refractivity contribution in [3.63, 3.8) is 0 Å². The SMILES string of the molecule is C[C@@]12CC=C[C@H]1[C@@H]1CCC3=CCCCC3=C1[C@@H](c1ccccc1)C2. The lowest BCUT2D eigenvalue weighted by Gasteiger charge is -2.51. The third-order valence-corrected chi connectivity index (χ3v) is 7.30. The first kappa shape index (κ1) is 14.8. The highest BCUT2D eigenvalue weighted by Crippen LogP contribution is 2.61. The standard InChI is InChI=1S/C24H28/c1-24-15-7-12-22(24)20-14-13-18-10-5-6-11-19(18)23(20)21(16-24)17-8-3-2-4-9-17/h2-4,7-10,12,20-22H,5-6,11,13-16H2,1H3/t20-,21+,22-,24-/m0/s1. The molecule has 1 aromatic carbocycles. The van der Waals surface area contributed by atoms with Crippen LogP contribution in [0, 0.1) is 17.3 Å². The molecule has 0 nitrogen and oxygen atoms in total. The van der Waals surface area contributed by atoms with Crippen LogP contribution in [0.15, 0.2) is 65.3 Å². The molecule has 0 saturated heterocycles. The second-order valence-corrected chi connectivity index (χ2v) is 8.68. The smallest absolute Gasteiger partial charge is 0.00626 e. The van der Waals surface area contributed by atoms with Gasteiger partial charge in [-0.25, -0.2) is 0 Å². The molecule has 4 atom stereocenters. The Hall–Kier alpha value is -1.56. The fourth-order valence-electron chi connectivity index (χ4n) is 6.20. The van der Waals surface area contributed by atoms with Gasteiger partial charge in [0.2, 0.25) is 0 Å². The van der Waals surface area contributed by atoms with Crippen molar-refractivity contribution in [1.82, 2.24) is 0 Å². The minimum atomic E-state index is 0.477. The zero-order valence-electron chi connectivity index (χ0n) is 14.8. The summed E-state index contributed by atoms with van der Waals surface area (Å²) in [5.41, 5.74) is 7.36. The highest BCUT2D eigenvalue weighted by atomic mass is 14.5. The van der Waals surface area contributed by atoms with Crippen molar-refractivity contribution in [2.75, 3.05) is 0 Å². The number of benzene rings is 1. The fraction of sp³-hybridized carbons (Fsp3) is 0.500. The van der Waals surface area contributed by atoms with Crippen LogP contribution in [0.2, 0.25) is 0 Å². The third-order valence-electron chi connectivity index (χ3n) is 7.30. The van der Waals surface area contributed by atoms with Gasteiger partial charge >= 0.3 is 0 Å². The minimum Gasteiger partial charge on any atom is -0.0877 e.